The third kappa shape index (κ3) is 4.45. The van der Waals surface area contributed by atoms with Crippen molar-refractivity contribution in [1.29, 1.82) is 0 Å². The first kappa shape index (κ1) is 18.0. The Labute approximate surface area is 134 Å². The van der Waals surface area contributed by atoms with Gasteiger partial charge in [0.05, 0.1) is 0 Å². The Morgan fingerprint density at radius 2 is 1.90 bits per heavy atom. The molecule has 0 unspecified atom stereocenters. The van der Waals surface area contributed by atoms with Crippen molar-refractivity contribution >= 4 is 18.3 Å². The van der Waals surface area contributed by atoms with Crippen LogP contribution in [0.2, 0.25) is 0 Å². The predicted molar refractivity (Wildman–Crippen MR) is 90.3 cm³/mol. The van der Waals surface area contributed by atoms with Gasteiger partial charge in [0.1, 0.15) is 0 Å². The second-order valence-electron chi connectivity index (χ2n) is 5.49. The zero-order valence-electron chi connectivity index (χ0n) is 13.1. The highest BCUT2D eigenvalue weighted by molar-refractivity contribution is 5.96. The first-order chi connectivity index (χ1) is 9.77. The fraction of sp³-hybridized carbons (Fsp3) is 0.588. The normalized spacial score (nSPS) is 15.3. The van der Waals surface area contributed by atoms with Crippen LogP contribution >= 0.6 is 12.4 Å². The molecule has 0 saturated carbocycles. The van der Waals surface area contributed by atoms with Gasteiger partial charge in [-0.1, -0.05) is 32.0 Å². The van der Waals surface area contributed by atoms with Gasteiger partial charge in [0.15, 0.2) is 0 Å². The van der Waals surface area contributed by atoms with Crippen LogP contribution in [-0.2, 0) is 6.42 Å². The second-order valence-corrected chi connectivity index (χ2v) is 5.49. The van der Waals surface area contributed by atoms with Crippen LogP contribution in [0.15, 0.2) is 24.3 Å². The molecule has 0 aromatic heterocycles. The van der Waals surface area contributed by atoms with E-state index in [0.29, 0.717) is 6.04 Å². The average molecular weight is 311 g/mol. The van der Waals surface area contributed by atoms with E-state index < -0.39 is 0 Å². The number of nitrogens with zero attached hydrogens (tertiary/aromatic N) is 1. The molecule has 0 radical (unpaired) electrons. The number of halogens is 1. The summed E-state index contributed by atoms with van der Waals surface area (Å²) in [7, 11) is 0. The molecule has 0 bridgehead atoms. The maximum absolute atomic E-state index is 12.9. The molecule has 1 amide bonds. The molecule has 3 nitrogen and oxygen atoms in total. The van der Waals surface area contributed by atoms with Crippen LogP contribution in [0.25, 0.3) is 0 Å². The van der Waals surface area contributed by atoms with Gasteiger partial charge in [-0.2, -0.15) is 0 Å². The molecule has 1 aliphatic heterocycles. The van der Waals surface area contributed by atoms with Crippen molar-refractivity contribution < 1.29 is 4.79 Å². The maximum Gasteiger partial charge on any atom is 0.254 e. The highest BCUT2D eigenvalue weighted by Gasteiger charge is 2.26. The van der Waals surface area contributed by atoms with Gasteiger partial charge >= 0.3 is 0 Å². The summed E-state index contributed by atoms with van der Waals surface area (Å²) in [4.78, 5) is 15.0. The summed E-state index contributed by atoms with van der Waals surface area (Å²) in [6.07, 6.45) is 4.07. The number of carbonyl (C=O) groups excluding carboxylic acids is 1. The molecule has 4 heteroatoms. The van der Waals surface area contributed by atoms with Gasteiger partial charge in [-0.15, -0.1) is 12.4 Å². The quantitative estimate of drug-likeness (QED) is 0.905. The van der Waals surface area contributed by atoms with E-state index in [1.165, 1.54) is 0 Å². The fourth-order valence-corrected chi connectivity index (χ4v) is 3.00. The van der Waals surface area contributed by atoms with Gasteiger partial charge in [-0.3, -0.25) is 4.79 Å². The van der Waals surface area contributed by atoms with E-state index in [2.05, 4.69) is 30.1 Å². The van der Waals surface area contributed by atoms with E-state index in [1.54, 1.807) is 0 Å². The third-order valence-electron chi connectivity index (χ3n) is 4.10. The summed E-state index contributed by atoms with van der Waals surface area (Å²) >= 11 is 0. The number of nitrogens with one attached hydrogen (secondary N) is 1. The maximum atomic E-state index is 12.9. The summed E-state index contributed by atoms with van der Waals surface area (Å²) in [5.41, 5.74) is 2.05. The van der Waals surface area contributed by atoms with Crippen molar-refractivity contribution in [2.45, 2.75) is 45.6 Å². The minimum Gasteiger partial charge on any atom is -0.336 e. The Balaban J connectivity index is 0.00000220. The average Bonchev–Trinajstić information content (AvgIpc) is 2.52. The number of hydrogen-bond acceptors (Lipinski definition) is 2. The molecular weight excluding hydrogens is 284 g/mol. The number of carbonyl (C=O) groups is 1. The molecule has 21 heavy (non-hydrogen) atoms. The molecule has 0 spiro atoms. The van der Waals surface area contributed by atoms with Crippen molar-refractivity contribution in [3.8, 4) is 0 Å². The van der Waals surface area contributed by atoms with E-state index in [0.717, 1.165) is 56.4 Å². The summed E-state index contributed by atoms with van der Waals surface area (Å²) < 4.78 is 0. The summed E-state index contributed by atoms with van der Waals surface area (Å²) in [5, 5.41) is 3.37. The second kappa shape index (κ2) is 9.06. The lowest BCUT2D eigenvalue weighted by Crippen LogP contribution is -2.46. The lowest BCUT2D eigenvalue weighted by Gasteiger charge is -2.35. The molecule has 1 saturated heterocycles. The van der Waals surface area contributed by atoms with Crippen LogP contribution in [0, 0.1) is 0 Å². The van der Waals surface area contributed by atoms with Crippen molar-refractivity contribution in [2.75, 3.05) is 19.6 Å². The molecule has 1 N–H and O–H groups in total. The Hall–Kier alpha value is -1.06. The smallest absolute Gasteiger partial charge is 0.254 e. The number of rotatable bonds is 5. The van der Waals surface area contributed by atoms with Gasteiger partial charge in [0.25, 0.3) is 5.91 Å². The SMILES string of the molecule is CCCN(C(=O)c1ccccc1CC)C1CCNCC1.Cl. The number of aryl methyl sites for hydroxylation is 1. The first-order valence-corrected chi connectivity index (χ1v) is 7.87. The van der Waals surface area contributed by atoms with E-state index in [4.69, 9.17) is 0 Å². The van der Waals surface area contributed by atoms with Crippen molar-refractivity contribution in [2.24, 2.45) is 0 Å². The van der Waals surface area contributed by atoms with Crippen LogP contribution < -0.4 is 5.32 Å². The largest absolute Gasteiger partial charge is 0.336 e. The number of hydrogen-bond donors (Lipinski definition) is 1. The Bertz CT molecular complexity index is 444. The molecule has 1 fully saturated rings. The summed E-state index contributed by atoms with van der Waals surface area (Å²) in [5.74, 6) is 0.219. The first-order valence-electron chi connectivity index (χ1n) is 7.87. The molecular formula is C17H27ClN2O. The van der Waals surface area contributed by atoms with Gasteiger partial charge in [0.2, 0.25) is 0 Å². The van der Waals surface area contributed by atoms with Crippen LogP contribution in [0.1, 0.15) is 49.0 Å². The zero-order chi connectivity index (χ0) is 14.4. The van der Waals surface area contributed by atoms with E-state index in [1.807, 2.05) is 18.2 Å². The standard InChI is InChI=1S/C17H26N2O.ClH/c1-3-13-19(15-9-11-18-12-10-15)17(20)16-8-6-5-7-14(16)4-2;/h5-8,15,18H,3-4,9-13H2,1-2H3;1H. The van der Waals surface area contributed by atoms with E-state index in [9.17, 15) is 4.79 Å². The zero-order valence-corrected chi connectivity index (χ0v) is 13.9. The molecule has 0 aliphatic carbocycles. The molecule has 1 aliphatic rings. The van der Waals surface area contributed by atoms with Crippen LogP contribution in [0.5, 0.6) is 0 Å². The highest BCUT2D eigenvalue weighted by atomic mass is 35.5. The lowest BCUT2D eigenvalue weighted by molar-refractivity contribution is 0.0641. The van der Waals surface area contributed by atoms with Crippen LogP contribution in [0.4, 0.5) is 0 Å². The minimum absolute atomic E-state index is 0. The fourth-order valence-electron chi connectivity index (χ4n) is 3.00. The number of benzene rings is 1. The van der Waals surface area contributed by atoms with Gasteiger partial charge in [-0.25, -0.2) is 0 Å². The third-order valence-corrected chi connectivity index (χ3v) is 4.10. The Morgan fingerprint density at radius 3 is 2.52 bits per heavy atom. The van der Waals surface area contributed by atoms with Gasteiger partial charge in [0, 0.05) is 18.2 Å². The predicted octanol–water partition coefficient (Wildman–Crippen LogP) is 3.28. The minimum atomic E-state index is 0. The van der Waals surface area contributed by atoms with E-state index >= 15 is 0 Å². The molecule has 0 atom stereocenters. The lowest BCUT2D eigenvalue weighted by atomic mass is 10.00. The molecule has 1 heterocycles. The molecule has 2 rings (SSSR count). The number of piperidine rings is 1. The Morgan fingerprint density at radius 1 is 1.24 bits per heavy atom. The van der Waals surface area contributed by atoms with Crippen molar-refractivity contribution in [3.63, 3.8) is 0 Å². The van der Waals surface area contributed by atoms with Crippen molar-refractivity contribution in [1.82, 2.24) is 10.2 Å². The molecule has 1 aromatic carbocycles. The molecule has 118 valence electrons. The summed E-state index contributed by atoms with van der Waals surface area (Å²) in [6, 6.07) is 8.43. The van der Waals surface area contributed by atoms with E-state index in [-0.39, 0.29) is 18.3 Å². The highest BCUT2D eigenvalue weighted by Crippen LogP contribution is 2.19. The van der Waals surface area contributed by atoms with Crippen LogP contribution in [0.3, 0.4) is 0 Å². The van der Waals surface area contributed by atoms with Crippen LogP contribution in [-0.4, -0.2) is 36.5 Å². The summed E-state index contributed by atoms with van der Waals surface area (Å²) in [6.45, 7) is 7.16. The van der Waals surface area contributed by atoms with Gasteiger partial charge in [-0.05, 0) is 50.4 Å². The number of amides is 1. The van der Waals surface area contributed by atoms with Gasteiger partial charge < -0.3 is 10.2 Å². The van der Waals surface area contributed by atoms with Crippen molar-refractivity contribution in [3.05, 3.63) is 35.4 Å². The Kier molecular flexibility index (Phi) is 7.76. The monoisotopic (exact) mass is 310 g/mol. The topological polar surface area (TPSA) is 32.3 Å². The molecule has 1 aromatic rings.